The van der Waals surface area contributed by atoms with Crippen LogP contribution < -0.4 is 9.47 Å². The van der Waals surface area contributed by atoms with Gasteiger partial charge in [-0.15, -0.1) is 0 Å². The van der Waals surface area contributed by atoms with Crippen LogP contribution in [0.2, 0.25) is 0 Å². The first kappa shape index (κ1) is 49.1. The van der Waals surface area contributed by atoms with Gasteiger partial charge in [-0.3, -0.25) is 9.59 Å². The van der Waals surface area contributed by atoms with E-state index in [1.165, 1.54) is 116 Å². The van der Waals surface area contributed by atoms with Gasteiger partial charge in [-0.1, -0.05) is 204 Å². The summed E-state index contributed by atoms with van der Waals surface area (Å²) in [6, 6.07) is 17.2. The Morgan fingerprint density at radius 3 is 0.879 bits per heavy atom. The highest BCUT2D eigenvalue weighted by Crippen LogP contribution is 2.42. The summed E-state index contributed by atoms with van der Waals surface area (Å²) in [5, 5.41) is 4.57. The average molecular weight is 803 g/mol. The van der Waals surface area contributed by atoms with Gasteiger partial charge in [-0.2, -0.15) is 0 Å². The standard InChI is InChI=1S/C52H82O6/c1-3-5-41-55-49(53)39-27-23-19-15-11-7-9-13-17-21-25-33-43-57-51-45-35-29-31-37-47(45)52(48-38-32-30-36-46(48)51)58-44-34-26-22-18-14-10-8-12-16-20-24-28-40-50(54)56-42-6-4-2/h29-32,35-38H,3-28,33-34,39-44H2,1-2H3. The molecule has 0 amide bonds. The van der Waals surface area contributed by atoms with Crippen molar-refractivity contribution in [1.82, 2.24) is 0 Å². The zero-order valence-corrected chi connectivity index (χ0v) is 37.1. The van der Waals surface area contributed by atoms with Crippen LogP contribution in [0.1, 0.15) is 206 Å². The fraction of sp³-hybridized carbons (Fsp3) is 0.692. The van der Waals surface area contributed by atoms with Crippen molar-refractivity contribution >= 4 is 33.5 Å². The number of hydrogen-bond acceptors (Lipinski definition) is 6. The highest BCUT2D eigenvalue weighted by atomic mass is 16.5. The maximum absolute atomic E-state index is 11.7. The van der Waals surface area contributed by atoms with Crippen LogP contribution in [-0.4, -0.2) is 38.4 Å². The van der Waals surface area contributed by atoms with Gasteiger partial charge in [0, 0.05) is 34.4 Å². The molecule has 3 aromatic carbocycles. The first-order valence-corrected chi connectivity index (χ1v) is 24.2. The molecule has 0 atom stereocenters. The van der Waals surface area contributed by atoms with Crippen molar-refractivity contribution < 1.29 is 28.5 Å². The van der Waals surface area contributed by atoms with Crippen molar-refractivity contribution in [1.29, 1.82) is 0 Å². The minimum absolute atomic E-state index is 0.0220. The van der Waals surface area contributed by atoms with E-state index in [9.17, 15) is 9.59 Å². The van der Waals surface area contributed by atoms with Crippen molar-refractivity contribution in [2.45, 2.75) is 206 Å². The van der Waals surface area contributed by atoms with Gasteiger partial charge in [0.25, 0.3) is 0 Å². The molecule has 326 valence electrons. The van der Waals surface area contributed by atoms with Gasteiger partial charge >= 0.3 is 11.9 Å². The predicted octanol–water partition coefficient (Wildman–Crippen LogP) is 15.6. The summed E-state index contributed by atoms with van der Waals surface area (Å²) in [5.74, 6) is 1.94. The highest BCUT2D eigenvalue weighted by molar-refractivity contribution is 6.11. The fourth-order valence-electron chi connectivity index (χ4n) is 7.79. The number of carbonyl (C=O) groups excluding carboxylic acids is 2. The second kappa shape index (κ2) is 33.5. The topological polar surface area (TPSA) is 71.1 Å². The smallest absolute Gasteiger partial charge is 0.305 e. The summed E-state index contributed by atoms with van der Waals surface area (Å²) in [5.41, 5.74) is 0. The number of hydrogen-bond donors (Lipinski definition) is 0. The Kier molecular flexibility index (Phi) is 28.4. The van der Waals surface area contributed by atoms with E-state index in [0.29, 0.717) is 26.1 Å². The quantitative estimate of drug-likeness (QED) is 0.0326. The molecule has 0 saturated heterocycles. The summed E-state index contributed by atoms with van der Waals surface area (Å²) >= 11 is 0. The lowest BCUT2D eigenvalue weighted by atomic mass is 10.0. The Morgan fingerprint density at radius 2 is 0.603 bits per heavy atom. The number of rotatable bonds is 38. The van der Waals surface area contributed by atoms with Gasteiger partial charge in [-0.05, 0) is 38.5 Å². The number of ether oxygens (including phenoxy) is 4. The second-order valence-electron chi connectivity index (χ2n) is 16.6. The third kappa shape index (κ3) is 21.6. The van der Waals surface area contributed by atoms with Crippen LogP contribution in [0.3, 0.4) is 0 Å². The molecule has 0 aliphatic rings. The zero-order chi connectivity index (χ0) is 41.1. The van der Waals surface area contributed by atoms with Crippen molar-refractivity contribution in [2.75, 3.05) is 26.4 Å². The monoisotopic (exact) mass is 803 g/mol. The van der Waals surface area contributed by atoms with E-state index in [1.807, 2.05) is 0 Å². The van der Waals surface area contributed by atoms with Crippen LogP contribution in [0.5, 0.6) is 11.5 Å². The third-order valence-electron chi connectivity index (χ3n) is 11.4. The van der Waals surface area contributed by atoms with Gasteiger partial charge in [0.1, 0.15) is 11.5 Å². The molecule has 0 radical (unpaired) electrons. The summed E-state index contributed by atoms with van der Waals surface area (Å²) in [6.07, 6.45) is 34.8. The first-order chi connectivity index (χ1) is 28.7. The minimum atomic E-state index is -0.0220. The van der Waals surface area contributed by atoms with Crippen molar-refractivity contribution in [3.05, 3.63) is 48.5 Å². The van der Waals surface area contributed by atoms with E-state index in [4.69, 9.17) is 18.9 Å². The van der Waals surface area contributed by atoms with Crippen molar-refractivity contribution in [3.8, 4) is 11.5 Å². The summed E-state index contributed by atoms with van der Waals surface area (Å²) in [6.45, 7) is 6.87. The van der Waals surface area contributed by atoms with Gasteiger partial charge in [0.2, 0.25) is 0 Å². The lowest BCUT2D eigenvalue weighted by Crippen LogP contribution is -2.05. The fourth-order valence-corrected chi connectivity index (χ4v) is 7.79. The summed E-state index contributed by atoms with van der Waals surface area (Å²) < 4.78 is 23.6. The van der Waals surface area contributed by atoms with E-state index < -0.39 is 0 Å². The molecule has 0 aromatic heterocycles. The van der Waals surface area contributed by atoms with E-state index in [0.717, 1.165) is 110 Å². The molecule has 0 N–H and O–H groups in total. The molecule has 3 rings (SSSR count). The lowest BCUT2D eigenvalue weighted by molar-refractivity contribution is -0.144. The molecule has 0 aliphatic carbocycles. The van der Waals surface area contributed by atoms with Gasteiger partial charge in [0.05, 0.1) is 26.4 Å². The van der Waals surface area contributed by atoms with Gasteiger partial charge in [-0.25, -0.2) is 0 Å². The minimum Gasteiger partial charge on any atom is -0.492 e. The molecule has 0 bridgehead atoms. The van der Waals surface area contributed by atoms with Crippen LogP contribution in [0.15, 0.2) is 48.5 Å². The molecule has 0 spiro atoms. The van der Waals surface area contributed by atoms with Crippen molar-refractivity contribution in [2.24, 2.45) is 0 Å². The van der Waals surface area contributed by atoms with Gasteiger partial charge < -0.3 is 18.9 Å². The van der Waals surface area contributed by atoms with Crippen LogP contribution >= 0.6 is 0 Å². The molecule has 58 heavy (non-hydrogen) atoms. The molecule has 6 heteroatoms. The van der Waals surface area contributed by atoms with Crippen LogP contribution in [0, 0.1) is 0 Å². The lowest BCUT2D eigenvalue weighted by Gasteiger charge is -2.18. The molecular formula is C52H82O6. The molecule has 0 aliphatic heterocycles. The van der Waals surface area contributed by atoms with E-state index >= 15 is 0 Å². The maximum Gasteiger partial charge on any atom is 0.305 e. The Labute approximate surface area is 353 Å². The number of benzene rings is 3. The Bertz CT molecular complexity index is 1320. The Hall–Kier alpha value is -3.28. The molecule has 3 aromatic rings. The largest absolute Gasteiger partial charge is 0.492 e. The molecule has 6 nitrogen and oxygen atoms in total. The Morgan fingerprint density at radius 1 is 0.345 bits per heavy atom. The zero-order valence-electron chi connectivity index (χ0n) is 37.1. The average Bonchev–Trinajstić information content (AvgIpc) is 3.24. The first-order valence-electron chi connectivity index (χ1n) is 24.2. The van der Waals surface area contributed by atoms with Crippen LogP contribution in [-0.2, 0) is 19.1 Å². The van der Waals surface area contributed by atoms with Crippen LogP contribution in [0.25, 0.3) is 21.5 Å². The van der Waals surface area contributed by atoms with Crippen molar-refractivity contribution in [3.63, 3.8) is 0 Å². The number of unbranched alkanes of at least 4 members (excludes halogenated alkanes) is 24. The second-order valence-corrected chi connectivity index (χ2v) is 16.6. The number of fused-ring (bicyclic) bond motifs is 2. The summed E-state index contributed by atoms with van der Waals surface area (Å²) in [7, 11) is 0. The summed E-state index contributed by atoms with van der Waals surface area (Å²) in [4.78, 5) is 23.4. The normalized spacial score (nSPS) is 11.3. The molecule has 0 unspecified atom stereocenters. The SMILES string of the molecule is CCCCOC(=O)CCCCCCCCCCCCCCOc1c2ccccc2c(OCCCCCCCCCCCCCCC(=O)OCCCC)c2ccccc12. The van der Waals surface area contributed by atoms with E-state index in [2.05, 4.69) is 62.4 Å². The molecular weight excluding hydrogens is 721 g/mol. The van der Waals surface area contributed by atoms with Gasteiger partial charge in [0.15, 0.2) is 0 Å². The molecule has 0 saturated carbocycles. The van der Waals surface area contributed by atoms with Crippen LogP contribution in [0.4, 0.5) is 0 Å². The highest BCUT2D eigenvalue weighted by Gasteiger charge is 2.16. The number of carbonyl (C=O) groups is 2. The molecule has 0 fully saturated rings. The third-order valence-corrected chi connectivity index (χ3v) is 11.4. The molecule has 0 heterocycles. The maximum atomic E-state index is 11.7. The number of esters is 2. The van der Waals surface area contributed by atoms with E-state index in [-0.39, 0.29) is 11.9 Å². The van der Waals surface area contributed by atoms with E-state index in [1.54, 1.807) is 0 Å². The Balaban J connectivity index is 1.23. The predicted molar refractivity (Wildman–Crippen MR) is 244 cm³/mol.